The Balaban J connectivity index is 1.43. The van der Waals surface area contributed by atoms with Crippen LogP contribution in [0.4, 0.5) is 10.3 Å². The summed E-state index contributed by atoms with van der Waals surface area (Å²) in [6.07, 6.45) is 6.44. The van der Waals surface area contributed by atoms with Crippen molar-refractivity contribution in [2.45, 2.75) is 32.7 Å². The molecule has 0 bridgehead atoms. The Morgan fingerprint density at radius 3 is 2.74 bits per heavy atom. The summed E-state index contributed by atoms with van der Waals surface area (Å²) in [5.74, 6) is 0.267. The highest BCUT2D eigenvalue weighted by molar-refractivity contribution is 5.98. The first-order valence-corrected chi connectivity index (χ1v) is 11.5. The van der Waals surface area contributed by atoms with E-state index in [1.54, 1.807) is 24.7 Å². The predicted molar refractivity (Wildman–Crippen MR) is 128 cm³/mol. The Kier molecular flexibility index (Phi) is 5.91. The standard InChI is InChI=1S/C25H26FN7O/c1-3-20-16-31(25-27-15-18-14-19(26)6-7-22(18)30-25)11-4-12-32(20)24(34)21-13-17(2)5-8-23(21)33-28-9-10-29-33/h5-10,13-15,20H,3-4,11-12,16H2,1-2H3/t20-/m0/s1. The van der Waals surface area contributed by atoms with Crippen LogP contribution in [0.1, 0.15) is 35.7 Å². The molecule has 3 heterocycles. The van der Waals surface area contributed by atoms with Gasteiger partial charge < -0.3 is 9.80 Å². The lowest BCUT2D eigenvalue weighted by Gasteiger charge is -2.31. The van der Waals surface area contributed by atoms with Crippen LogP contribution in [0.3, 0.4) is 0 Å². The first-order chi connectivity index (χ1) is 16.5. The highest BCUT2D eigenvalue weighted by atomic mass is 19.1. The maximum Gasteiger partial charge on any atom is 0.256 e. The van der Waals surface area contributed by atoms with Crippen molar-refractivity contribution in [3.05, 3.63) is 71.9 Å². The van der Waals surface area contributed by atoms with Crippen LogP contribution >= 0.6 is 0 Å². The number of anilines is 1. The third-order valence-electron chi connectivity index (χ3n) is 6.26. The van der Waals surface area contributed by atoms with Gasteiger partial charge in [-0.3, -0.25) is 4.79 Å². The molecule has 1 saturated heterocycles. The number of halogens is 1. The highest BCUT2D eigenvalue weighted by Gasteiger charge is 2.30. The van der Waals surface area contributed by atoms with Crippen molar-refractivity contribution in [1.82, 2.24) is 29.9 Å². The van der Waals surface area contributed by atoms with E-state index in [0.29, 0.717) is 41.2 Å². The monoisotopic (exact) mass is 459 g/mol. The average Bonchev–Trinajstić information content (AvgIpc) is 3.29. The van der Waals surface area contributed by atoms with Crippen molar-refractivity contribution in [3.8, 4) is 5.69 Å². The van der Waals surface area contributed by atoms with Gasteiger partial charge >= 0.3 is 0 Å². The molecule has 0 spiro atoms. The van der Waals surface area contributed by atoms with Crippen molar-refractivity contribution >= 4 is 22.8 Å². The molecule has 0 unspecified atom stereocenters. The maximum atomic E-state index is 13.8. The van der Waals surface area contributed by atoms with Gasteiger partial charge in [-0.05, 0) is 50.1 Å². The molecule has 1 aliphatic rings. The summed E-state index contributed by atoms with van der Waals surface area (Å²) in [6, 6.07) is 10.3. The fourth-order valence-electron chi connectivity index (χ4n) is 4.49. The Morgan fingerprint density at radius 1 is 1.12 bits per heavy atom. The van der Waals surface area contributed by atoms with Gasteiger partial charge in [-0.15, -0.1) is 0 Å². The van der Waals surface area contributed by atoms with Gasteiger partial charge in [0.2, 0.25) is 5.95 Å². The summed E-state index contributed by atoms with van der Waals surface area (Å²) in [5.41, 5.74) is 2.96. The van der Waals surface area contributed by atoms with E-state index in [1.165, 1.54) is 16.9 Å². The highest BCUT2D eigenvalue weighted by Crippen LogP contribution is 2.24. The number of aromatic nitrogens is 5. The van der Waals surface area contributed by atoms with E-state index in [9.17, 15) is 9.18 Å². The number of aryl methyl sites for hydroxylation is 1. The van der Waals surface area contributed by atoms with Crippen LogP contribution in [0.2, 0.25) is 0 Å². The Morgan fingerprint density at radius 2 is 1.94 bits per heavy atom. The van der Waals surface area contributed by atoms with Crippen molar-refractivity contribution in [2.24, 2.45) is 0 Å². The maximum absolute atomic E-state index is 13.8. The molecule has 1 amide bonds. The molecule has 1 aliphatic heterocycles. The summed E-state index contributed by atoms with van der Waals surface area (Å²) in [7, 11) is 0. The fourth-order valence-corrected chi connectivity index (χ4v) is 4.49. The lowest BCUT2D eigenvalue weighted by atomic mass is 10.1. The van der Waals surface area contributed by atoms with Crippen LogP contribution in [0.15, 0.2) is 55.0 Å². The van der Waals surface area contributed by atoms with E-state index in [1.807, 2.05) is 30.0 Å². The molecule has 174 valence electrons. The van der Waals surface area contributed by atoms with Crippen LogP contribution in [0.5, 0.6) is 0 Å². The van der Waals surface area contributed by atoms with Gasteiger partial charge in [0.25, 0.3) is 5.91 Å². The summed E-state index contributed by atoms with van der Waals surface area (Å²) >= 11 is 0. The molecule has 1 atom stereocenters. The van der Waals surface area contributed by atoms with Gasteiger partial charge in [-0.1, -0.05) is 18.6 Å². The number of benzene rings is 2. The normalized spacial score (nSPS) is 16.6. The van der Waals surface area contributed by atoms with Gasteiger partial charge in [0.05, 0.1) is 29.2 Å². The van der Waals surface area contributed by atoms with Crippen molar-refractivity contribution in [3.63, 3.8) is 0 Å². The van der Waals surface area contributed by atoms with Gasteiger partial charge in [0, 0.05) is 37.3 Å². The molecule has 34 heavy (non-hydrogen) atoms. The van der Waals surface area contributed by atoms with Crippen LogP contribution < -0.4 is 4.90 Å². The molecule has 1 fully saturated rings. The molecular weight excluding hydrogens is 433 g/mol. The lowest BCUT2D eigenvalue weighted by Crippen LogP contribution is -2.44. The van der Waals surface area contributed by atoms with Gasteiger partial charge in [-0.2, -0.15) is 15.0 Å². The van der Waals surface area contributed by atoms with E-state index < -0.39 is 0 Å². The molecule has 0 radical (unpaired) electrons. The van der Waals surface area contributed by atoms with Crippen LogP contribution in [-0.4, -0.2) is 61.4 Å². The molecule has 8 nitrogen and oxygen atoms in total. The second kappa shape index (κ2) is 9.17. The zero-order valence-corrected chi connectivity index (χ0v) is 19.2. The van der Waals surface area contributed by atoms with Crippen molar-refractivity contribution in [1.29, 1.82) is 0 Å². The number of carbonyl (C=O) groups excluding carboxylic acids is 1. The average molecular weight is 460 g/mol. The van der Waals surface area contributed by atoms with E-state index in [-0.39, 0.29) is 17.8 Å². The number of fused-ring (bicyclic) bond motifs is 1. The molecule has 0 aliphatic carbocycles. The summed E-state index contributed by atoms with van der Waals surface area (Å²) < 4.78 is 13.5. The molecule has 4 aromatic rings. The van der Waals surface area contributed by atoms with E-state index in [0.717, 1.165) is 24.9 Å². The lowest BCUT2D eigenvalue weighted by molar-refractivity contribution is 0.0690. The largest absolute Gasteiger partial charge is 0.339 e. The second-order valence-corrected chi connectivity index (χ2v) is 8.57. The Hall–Kier alpha value is -3.88. The molecule has 2 aromatic heterocycles. The van der Waals surface area contributed by atoms with Crippen molar-refractivity contribution in [2.75, 3.05) is 24.5 Å². The Labute approximate surface area is 197 Å². The topological polar surface area (TPSA) is 80.0 Å². The predicted octanol–water partition coefficient (Wildman–Crippen LogP) is 3.79. The number of carbonyl (C=O) groups is 1. The SMILES string of the molecule is CC[C@H]1CN(c2ncc3cc(F)ccc3n2)CCCN1C(=O)c1cc(C)ccc1-n1nccn1. The minimum Gasteiger partial charge on any atom is -0.339 e. The summed E-state index contributed by atoms with van der Waals surface area (Å²) in [4.78, 5) is 28.5. The smallest absolute Gasteiger partial charge is 0.256 e. The number of hydrogen-bond acceptors (Lipinski definition) is 6. The molecule has 9 heteroatoms. The quantitative estimate of drug-likeness (QED) is 0.462. The minimum absolute atomic E-state index is 0.0125. The summed E-state index contributed by atoms with van der Waals surface area (Å²) in [5, 5.41) is 9.13. The fraction of sp³-hybridized carbons (Fsp3) is 0.320. The minimum atomic E-state index is -0.306. The molecule has 2 aromatic carbocycles. The zero-order valence-electron chi connectivity index (χ0n) is 19.2. The first kappa shape index (κ1) is 21.9. The number of rotatable bonds is 4. The molecule has 0 N–H and O–H groups in total. The van der Waals surface area contributed by atoms with Crippen LogP contribution in [0, 0.1) is 12.7 Å². The van der Waals surface area contributed by atoms with Crippen LogP contribution in [-0.2, 0) is 0 Å². The third-order valence-corrected chi connectivity index (χ3v) is 6.26. The zero-order chi connectivity index (χ0) is 23.7. The van der Waals surface area contributed by atoms with Gasteiger partial charge in [-0.25, -0.2) is 14.4 Å². The van der Waals surface area contributed by atoms with Gasteiger partial charge in [0.15, 0.2) is 0 Å². The first-order valence-electron chi connectivity index (χ1n) is 11.5. The van der Waals surface area contributed by atoms with E-state index in [4.69, 9.17) is 0 Å². The summed E-state index contributed by atoms with van der Waals surface area (Å²) in [6.45, 7) is 6.04. The molecule has 5 rings (SSSR count). The van der Waals surface area contributed by atoms with Crippen molar-refractivity contribution < 1.29 is 9.18 Å². The molecular formula is C25H26FN7O. The third kappa shape index (κ3) is 4.21. The number of nitrogens with zero attached hydrogens (tertiary/aromatic N) is 7. The van der Waals surface area contributed by atoms with Gasteiger partial charge in [0.1, 0.15) is 5.82 Å². The Bertz CT molecular complexity index is 1320. The second-order valence-electron chi connectivity index (χ2n) is 8.57. The number of hydrogen-bond donors (Lipinski definition) is 0. The molecule has 0 saturated carbocycles. The van der Waals surface area contributed by atoms with E-state index in [2.05, 4.69) is 32.0 Å². The number of amides is 1. The van der Waals surface area contributed by atoms with Crippen LogP contribution in [0.25, 0.3) is 16.6 Å². The van der Waals surface area contributed by atoms with E-state index >= 15 is 0 Å².